The summed E-state index contributed by atoms with van der Waals surface area (Å²) >= 11 is 0. The van der Waals surface area contributed by atoms with Crippen LogP contribution in [0.3, 0.4) is 0 Å². The Balaban J connectivity index is 1.57. The van der Waals surface area contributed by atoms with Gasteiger partial charge in [-0.3, -0.25) is 4.79 Å². The fourth-order valence-corrected chi connectivity index (χ4v) is 1.86. The molecule has 0 bridgehead atoms. The first-order valence-electron chi connectivity index (χ1n) is 6.37. The van der Waals surface area contributed by atoms with Crippen LogP contribution in [-0.4, -0.2) is 32.3 Å². The molecule has 1 atom stereocenters. The second-order valence-corrected chi connectivity index (χ2v) is 4.46. The van der Waals surface area contributed by atoms with E-state index in [9.17, 15) is 4.79 Å². The van der Waals surface area contributed by atoms with E-state index < -0.39 is 0 Å². The molecule has 1 heterocycles. The van der Waals surface area contributed by atoms with Crippen LogP contribution in [-0.2, 0) is 14.3 Å². The minimum Gasteiger partial charge on any atom is -0.465 e. The Morgan fingerprint density at radius 3 is 2.94 bits per heavy atom. The molecule has 0 saturated carbocycles. The minimum absolute atomic E-state index is 0.148. The number of esters is 1. The standard InChI is InChI=1S/C14H19NO3/c16-14(18-11-12-7-9-17-10-12)6-8-15-13-4-2-1-3-5-13/h1-5,12,15H,6-11H2. The highest BCUT2D eigenvalue weighted by Gasteiger charge is 2.17. The van der Waals surface area contributed by atoms with E-state index in [0.29, 0.717) is 25.5 Å². The minimum atomic E-state index is -0.148. The van der Waals surface area contributed by atoms with Crippen molar-refractivity contribution in [3.05, 3.63) is 30.3 Å². The lowest BCUT2D eigenvalue weighted by atomic mass is 10.1. The summed E-state index contributed by atoms with van der Waals surface area (Å²) in [4.78, 5) is 11.5. The van der Waals surface area contributed by atoms with E-state index >= 15 is 0 Å². The van der Waals surface area contributed by atoms with Crippen LogP contribution in [0.15, 0.2) is 30.3 Å². The Hall–Kier alpha value is -1.55. The van der Waals surface area contributed by atoms with Crippen molar-refractivity contribution in [2.24, 2.45) is 5.92 Å². The molecule has 1 aromatic carbocycles. The average molecular weight is 249 g/mol. The molecule has 1 fully saturated rings. The van der Waals surface area contributed by atoms with Gasteiger partial charge in [0.25, 0.3) is 0 Å². The highest BCUT2D eigenvalue weighted by Crippen LogP contribution is 2.12. The molecule has 1 aliphatic rings. The molecule has 0 amide bonds. The molecule has 18 heavy (non-hydrogen) atoms. The summed E-state index contributed by atoms with van der Waals surface area (Å²) in [6.45, 7) is 2.60. The van der Waals surface area contributed by atoms with E-state index in [4.69, 9.17) is 9.47 Å². The highest BCUT2D eigenvalue weighted by molar-refractivity contribution is 5.70. The Bertz CT molecular complexity index is 361. The quantitative estimate of drug-likeness (QED) is 0.784. The van der Waals surface area contributed by atoms with Crippen LogP contribution in [0.5, 0.6) is 0 Å². The van der Waals surface area contributed by atoms with E-state index in [0.717, 1.165) is 25.3 Å². The molecule has 0 spiro atoms. The molecule has 0 radical (unpaired) electrons. The van der Waals surface area contributed by atoms with Crippen molar-refractivity contribution < 1.29 is 14.3 Å². The lowest BCUT2D eigenvalue weighted by Gasteiger charge is -2.09. The van der Waals surface area contributed by atoms with Gasteiger partial charge in [-0.25, -0.2) is 0 Å². The molecular formula is C14H19NO3. The van der Waals surface area contributed by atoms with Gasteiger partial charge in [-0.15, -0.1) is 0 Å². The zero-order chi connectivity index (χ0) is 12.6. The second kappa shape index (κ2) is 7.01. The first-order chi connectivity index (χ1) is 8.84. The van der Waals surface area contributed by atoms with Gasteiger partial charge in [0.1, 0.15) is 0 Å². The summed E-state index contributed by atoms with van der Waals surface area (Å²) in [5.74, 6) is 0.237. The van der Waals surface area contributed by atoms with Crippen LogP contribution in [0.2, 0.25) is 0 Å². The van der Waals surface area contributed by atoms with Crippen LogP contribution in [0.25, 0.3) is 0 Å². The third kappa shape index (κ3) is 4.37. The fraction of sp³-hybridized carbons (Fsp3) is 0.500. The van der Waals surface area contributed by atoms with Gasteiger partial charge in [0.2, 0.25) is 0 Å². The van der Waals surface area contributed by atoms with Gasteiger partial charge in [0.05, 0.1) is 19.6 Å². The maximum absolute atomic E-state index is 11.5. The van der Waals surface area contributed by atoms with E-state index in [1.807, 2.05) is 30.3 Å². The van der Waals surface area contributed by atoms with Gasteiger partial charge < -0.3 is 14.8 Å². The molecule has 1 aliphatic heterocycles. The lowest BCUT2D eigenvalue weighted by molar-refractivity contribution is -0.144. The van der Waals surface area contributed by atoms with Crippen molar-refractivity contribution in [1.29, 1.82) is 0 Å². The van der Waals surface area contributed by atoms with Gasteiger partial charge in [-0.05, 0) is 18.6 Å². The first-order valence-corrected chi connectivity index (χ1v) is 6.37. The van der Waals surface area contributed by atoms with Crippen LogP contribution < -0.4 is 5.32 Å². The smallest absolute Gasteiger partial charge is 0.307 e. The lowest BCUT2D eigenvalue weighted by Crippen LogP contribution is -2.16. The predicted octanol–water partition coefficient (Wildman–Crippen LogP) is 2.07. The Kier molecular flexibility index (Phi) is 5.02. The maximum Gasteiger partial charge on any atom is 0.307 e. The number of ether oxygens (including phenoxy) is 2. The number of hydrogen-bond acceptors (Lipinski definition) is 4. The number of para-hydroxylation sites is 1. The van der Waals surface area contributed by atoms with Crippen LogP contribution in [0.4, 0.5) is 5.69 Å². The third-order valence-corrected chi connectivity index (χ3v) is 2.94. The van der Waals surface area contributed by atoms with Crippen LogP contribution in [0.1, 0.15) is 12.8 Å². The zero-order valence-corrected chi connectivity index (χ0v) is 10.4. The van der Waals surface area contributed by atoms with Gasteiger partial charge in [0, 0.05) is 24.8 Å². The van der Waals surface area contributed by atoms with Crippen LogP contribution in [0, 0.1) is 5.92 Å². The molecule has 0 aliphatic carbocycles. The van der Waals surface area contributed by atoms with E-state index in [1.165, 1.54) is 0 Å². The Morgan fingerprint density at radius 1 is 1.39 bits per heavy atom. The molecule has 4 nitrogen and oxygen atoms in total. The molecule has 2 rings (SSSR count). The second-order valence-electron chi connectivity index (χ2n) is 4.46. The summed E-state index contributed by atoms with van der Waals surface area (Å²) in [5.41, 5.74) is 1.02. The number of rotatable bonds is 6. The van der Waals surface area contributed by atoms with Crippen molar-refractivity contribution in [3.63, 3.8) is 0 Å². The number of carbonyl (C=O) groups excluding carboxylic acids is 1. The van der Waals surface area contributed by atoms with E-state index in [2.05, 4.69) is 5.32 Å². The molecule has 1 aromatic rings. The Labute approximate surface area is 107 Å². The highest BCUT2D eigenvalue weighted by atomic mass is 16.5. The van der Waals surface area contributed by atoms with Gasteiger partial charge in [0.15, 0.2) is 0 Å². The summed E-state index contributed by atoms with van der Waals surface area (Å²) in [7, 11) is 0. The van der Waals surface area contributed by atoms with Crippen molar-refractivity contribution in [2.45, 2.75) is 12.8 Å². The molecular weight excluding hydrogens is 230 g/mol. The van der Waals surface area contributed by atoms with Crippen molar-refractivity contribution >= 4 is 11.7 Å². The summed E-state index contributed by atoms with van der Waals surface area (Å²) in [6, 6.07) is 9.83. The van der Waals surface area contributed by atoms with Gasteiger partial charge in [-0.2, -0.15) is 0 Å². The molecule has 4 heteroatoms. The number of benzene rings is 1. The van der Waals surface area contributed by atoms with Crippen LogP contribution >= 0.6 is 0 Å². The third-order valence-electron chi connectivity index (χ3n) is 2.94. The van der Waals surface area contributed by atoms with E-state index in [-0.39, 0.29) is 5.97 Å². The van der Waals surface area contributed by atoms with E-state index in [1.54, 1.807) is 0 Å². The number of hydrogen-bond donors (Lipinski definition) is 1. The molecule has 1 saturated heterocycles. The average Bonchev–Trinajstić information content (AvgIpc) is 2.91. The predicted molar refractivity (Wildman–Crippen MR) is 69.4 cm³/mol. The summed E-state index contributed by atoms with van der Waals surface area (Å²) in [6.07, 6.45) is 1.39. The Morgan fingerprint density at radius 2 is 2.22 bits per heavy atom. The SMILES string of the molecule is O=C(CCNc1ccccc1)OCC1CCOC1. The maximum atomic E-state index is 11.5. The first kappa shape index (κ1) is 12.9. The largest absolute Gasteiger partial charge is 0.465 e. The monoisotopic (exact) mass is 249 g/mol. The number of carbonyl (C=O) groups is 1. The fourth-order valence-electron chi connectivity index (χ4n) is 1.86. The van der Waals surface area contributed by atoms with Gasteiger partial charge >= 0.3 is 5.97 Å². The van der Waals surface area contributed by atoms with Crippen molar-refractivity contribution in [2.75, 3.05) is 31.7 Å². The summed E-state index contributed by atoms with van der Waals surface area (Å²) < 4.78 is 10.4. The topological polar surface area (TPSA) is 47.6 Å². The normalized spacial score (nSPS) is 18.6. The number of anilines is 1. The summed E-state index contributed by atoms with van der Waals surface area (Å²) in [5, 5.41) is 3.18. The van der Waals surface area contributed by atoms with Crippen molar-refractivity contribution in [1.82, 2.24) is 0 Å². The molecule has 98 valence electrons. The number of nitrogens with one attached hydrogen (secondary N) is 1. The van der Waals surface area contributed by atoms with Crippen molar-refractivity contribution in [3.8, 4) is 0 Å². The molecule has 1 N–H and O–H groups in total. The molecule has 1 unspecified atom stereocenters. The molecule has 0 aromatic heterocycles. The van der Waals surface area contributed by atoms with Gasteiger partial charge in [-0.1, -0.05) is 18.2 Å². The zero-order valence-electron chi connectivity index (χ0n) is 10.4.